The number of tetrazole rings is 1. The van der Waals surface area contributed by atoms with Gasteiger partial charge in [0.05, 0.1) is 11.8 Å². The minimum absolute atomic E-state index is 0.0336. The van der Waals surface area contributed by atoms with Crippen LogP contribution in [0.2, 0.25) is 0 Å². The molecule has 0 atom stereocenters. The molecule has 11 heteroatoms. The maximum absolute atomic E-state index is 11.7. The Balaban J connectivity index is 1.39. The fraction of sp³-hybridized carbons (Fsp3) is 0.125. The zero-order chi connectivity index (χ0) is 18.8. The van der Waals surface area contributed by atoms with E-state index in [1.165, 1.54) is 6.21 Å². The Morgan fingerprint density at radius 1 is 1.37 bits per heavy atom. The van der Waals surface area contributed by atoms with Gasteiger partial charge in [0.1, 0.15) is 24.7 Å². The maximum Gasteiger partial charge on any atom is 0.338 e. The monoisotopic (exact) mass is 367 g/mol. The predicted octanol–water partition coefficient (Wildman–Crippen LogP) is 0.336. The Morgan fingerprint density at radius 3 is 3.07 bits per heavy atom. The molecule has 2 aromatic heterocycles. The van der Waals surface area contributed by atoms with Crippen LogP contribution in [0.25, 0.3) is 11.3 Å². The summed E-state index contributed by atoms with van der Waals surface area (Å²) < 4.78 is 11.8. The van der Waals surface area contributed by atoms with Crippen molar-refractivity contribution < 1.29 is 18.7 Å². The summed E-state index contributed by atoms with van der Waals surface area (Å²) in [6, 6.07) is 8.81. The van der Waals surface area contributed by atoms with E-state index >= 15 is 0 Å². The summed E-state index contributed by atoms with van der Waals surface area (Å²) in [5.41, 5.74) is 10.00. The first-order chi connectivity index (χ1) is 13.1. The van der Waals surface area contributed by atoms with Gasteiger partial charge in [-0.25, -0.2) is 14.9 Å². The normalized spacial score (nSPS) is 13.0. The van der Waals surface area contributed by atoms with Crippen LogP contribution in [0.1, 0.15) is 21.7 Å². The average molecular weight is 367 g/mol. The molecule has 0 radical (unpaired) electrons. The molecule has 0 saturated carbocycles. The third-order valence-electron chi connectivity index (χ3n) is 3.83. The molecule has 136 valence electrons. The number of anilines is 1. The number of ether oxygens (including phenoxy) is 1. The summed E-state index contributed by atoms with van der Waals surface area (Å²) in [6.45, 7) is 0.102. The van der Waals surface area contributed by atoms with Gasteiger partial charge in [0, 0.05) is 11.1 Å². The number of hydrazone groups is 1. The minimum atomic E-state index is -0.444. The summed E-state index contributed by atoms with van der Waals surface area (Å²) in [5.74, 6) is 0.320. The molecule has 1 aliphatic rings. The number of benzene rings is 1. The molecule has 3 N–H and O–H groups in total. The van der Waals surface area contributed by atoms with Crippen molar-refractivity contribution in [1.29, 1.82) is 0 Å². The van der Waals surface area contributed by atoms with E-state index in [0.717, 1.165) is 15.8 Å². The number of nitrogens with two attached hydrogens (primary N) is 1. The fourth-order valence-corrected chi connectivity index (χ4v) is 2.53. The van der Waals surface area contributed by atoms with Crippen molar-refractivity contribution in [3.05, 3.63) is 47.2 Å². The SMILES string of the molecule is Nc1nnnn1CC(=O)N/N=C/c1ccc(-c2ccc3c(c2)COC3=O)o1. The van der Waals surface area contributed by atoms with E-state index in [1.807, 2.05) is 6.07 Å². The summed E-state index contributed by atoms with van der Waals surface area (Å²) in [4.78, 5) is 23.2. The second-order valence-corrected chi connectivity index (χ2v) is 5.64. The number of cyclic esters (lactones) is 1. The number of nitrogens with one attached hydrogen (secondary N) is 1. The van der Waals surface area contributed by atoms with Gasteiger partial charge in [0.15, 0.2) is 0 Å². The molecule has 27 heavy (non-hydrogen) atoms. The Bertz CT molecular complexity index is 1050. The fourth-order valence-electron chi connectivity index (χ4n) is 2.53. The highest BCUT2D eigenvalue weighted by molar-refractivity contribution is 5.94. The molecule has 0 fully saturated rings. The van der Waals surface area contributed by atoms with Crippen molar-refractivity contribution in [3.63, 3.8) is 0 Å². The summed E-state index contributed by atoms with van der Waals surface area (Å²) >= 11 is 0. The van der Waals surface area contributed by atoms with Gasteiger partial charge in [-0.15, -0.1) is 0 Å². The predicted molar refractivity (Wildman–Crippen MR) is 91.2 cm³/mol. The lowest BCUT2D eigenvalue weighted by Crippen LogP contribution is -2.24. The Hall–Kier alpha value is -4.02. The van der Waals surface area contributed by atoms with Crippen molar-refractivity contribution in [2.45, 2.75) is 13.2 Å². The molecule has 0 bridgehead atoms. The number of hydrogen-bond donors (Lipinski definition) is 2. The van der Waals surface area contributed by atoms with Crippen molar-refractivity contribution in [3.8, 4) is 11.3 Å². The number of carbonyl (C=O) groups excluding carboxylic acids is 2. The molecule has 1 aliphatic heterocycles. The lowest BCUT2D eigenvalue weighted by atomic mass is 10.0. The maximum atomic E-state index is 11.7. The van der Waals surface area contributed by atoms with E-state index in [1.54, 1.807) is 24.3 Å². The molecule has 11 nitrogen and oxygen atoms in total. The van der Waals surface area contributed by atoms with Crippen LogP contribution in [0.5, 0.6) is 0 Å². The molecule has 0 unspecified atom stereocenters. The van der Waals surface area contributed by atoms with Crippen molar-refractivity contribution in [2.24, 2.45) is 5.10 Å². The smallest absolute Gasteiger partial charge is 0.338 e. The van der Waals surface area contributed by atoms with Crippen molar-refractivity contribution in [2.75, 3.05) is 5.73 Å². The Labute approximate surface area is 151 Å². The van der Waals surface area contributed by atoms with Crippen LogP contribution in [-0.4, -0.2) is 38.3 Å². The van der Waals surface area contributed by atoms with Crippen LogP contribution in [0, 0.1) is 0 Å². The zero-order valence-electron chi connectivity index (χ0n) is 13.8. The lowest BCUT2D eigenvalue weighted by Gasteiger charge is -2.00. The molecule has 0 spiro atoms. The molecule has 3 aromatic rings. The number of aromatic nitrogens is 4. The number of carbonyl (C=O) groups is 2. The first kappa shape index (κ1) is 16.4. The number of hydrogen-bond acceptors (Lipinski definition) is 9. The second kappa shape index (κ2) is 6.71. The summed E-state index contributed by atoms with van der Waals surface area (Å²) in [5, 5.41) is 14.2. The van der Waals surface area contributed by atoms with Gasteiger partial charge in [0.25, 0.3) is 5.91 Å². The van der Waals surface area contributed by atoms with Gasteiger partial charge in [-0.3, -0.25) is 4.79 Å². The number of rotatable bonds is 5. The van der Waals surface area contributed by atoms with E-state index in [9.17, 15) is 9.59 Å². The van der Waals surface area contributed by atoms with Crippen molar-refractivity contribution >= 4 is 24.0 Å². The van der Waals surface area contributed by atoms with E-state index in [-0.39, 0.29) is 25.1 Å². The minimum Gasteiger partial charge on any atom is -0.457 e. The first-order valence-corrected chi connectivity index (χ1v) is 7.84. The summed E-state index contributed by atoms with van der Waals surface area (Å²) in [6.07, 6.45) is 1.37. The molecule has 0 saturated heterocycles. The largest absolute Gasteiger partial charge is 0.457 e. The molecule has 4 rings (SSSR count). The highest BCUT2D eigenvalue weighted by Crippen LogP contribution is 2.27. The molecule has 3 heterocycles. The van der Waals surface area contributed by atoms with Gasteiger partial charge in [0.2, 0.25) is 5.95 Å². The lowest BCUT2D eigenvalue weighted by molar-refractivity contribution is -0.121. The number of nitrogens with zero attached hydrogens (tertiary/aromatic N) is 5. The first-order valence-electron chi connectivity index (χ1n) is 7.84. The van der Waals surface area contributed by atoms with Crippen LogP contribution >= 0.6 is 0 Å². The number of amides is 1. The Morgan fingerprint density at radius 2 is 2.26 bits per heavy atom. The number of esters is 1. The molecule has 1 aromatic carbocycles. The molecule has 0 aliphatic carbocycles. The molecule has 1 amide bonds. The van der Waals surface area contributed by atoms with Crippen LogP contribution in [0.4, 0.5) is 5.95 Å². The van der Waals surface area contributed by atoms with E-state index < -0.39 is 5.91 Å². The van der Waals surface area contributed by atoms with Gasteiger partial charge in [-0.1, -0.05) is 11.2 Å². The third-order valence-corrected chi connectivity index (χ3v) is 3.83. The second-order valence-electron chi connectivity index (χ2n) is 5.64. The van der Waals surface area contributed by atoms with E-state index in [0.29, 0.717) is 17.1 Å². The number of nitrogen functional groups attached to an aromatic ring is 1. The van der Waals surface area contributed by atoms with Gasteiger partial charge >= 0.3 is 5.97 Å². The van der Waals surface area contributed by atoms with E-state index in [4.69, 9.17) is 14.9 Å². The quantitative estimate of drug-likeness (QED) is 0.372. The number of furan rings is 1. The van der Waals surface area contributed by atoms with Crippen LogP contribution < -0.4 is 11.2 Å². The van der Waals surface area contributed by atoms with Gasteiger partial charge in [-0.05, 0) is 34.7 Å². The van der Waals surface area contributed by atoms with E-state index in [2.05, 4.69) is 26.1 Å². The van der Waals surface area contributed by atoms with Gasteiger partial charge < -0.3 is 14.9 Å². The number of fused-ring (bicyclic) bond motifs is 1. The average Bonchev–Trinajstić information content (AvgIpc) is 3.37. The van der Waals surface area contributed by atoms with Crippen LogP contribution in [0.3, 0.4) is 0 Å². The van der Waals surface area contributed by atoms with Crippen LogP contribution in [-0.2, 0) is 22.7 Å². The summed E-state index contributed by atoms with van der Waals surface area (Å²) in [7, 11) is 0. The third kappa shape index (κ3) is 3.38. The molecular formula is C16H13N7O4. The standard InChI is InChI=1S/C16H13N7O4/c17-16-20-21-22-23(16)7-14(24)19-18-6-11-2-4-13(27-11)9-1-3-12-10(5-9)8-26-15(12)25/h1-6H,7-8H2,(H,19,24)(H2,17,20,22)/b18-6+. The highest BCUT2D eigenvalue weighted by Gasteiger charge is 2.21. The van der Waals surface area contributed by atoms with Crippen LogP contribution in [0.15, 0.2) is 39.9 Å². The Kier molecular flexibility index (Phi) is 4.09. The van der Waals surface area contributed by atoms with Crippen molar-refractivity contribution in [1.82, 2.24) is 25.6 Å². The molecular weight excluding hydrogens is 354 g/mol. The zero-order valence-corrected chi connectivity index (χ0v) is 13.8. The van der Waals surface area contributed by atoms with Gasteiger partial charge in [-0.2, -0.15) is 5.10 Å². The highest BCUT2D eigenvalue weighted by atomic mass is 16.5. The topological polar surface area (TPSA) is 151 Å².